The van der Waals surface area contributed by atoms with Crippen LogP contribution in [-0.4, -0.2) is 9.91 Å². The van der Waals surface area contributed by atoms with Crippen LogP contribution in [0.15, 0.2) is 6.20 Å². The topological polar surface area (TPSA) is 108 Å². The van der Waals surface area contributed by atoms with Crippen molar-refractivity contribution in [2.45, 2.75) is 13.0 Å². The number of rotatable bonds is 3. The second kappa shape index (κ2) is 4.13. The van der Waals surface area contributed by atoms with Gasteiger partial charge in [-0.2, -0.15) is 0 Å². The SMILES string of the molecule is NCc1ncc([N+](=O)[O-])c(N)c1C(F)F. The molecule has 4 N–H and O–H groups in total. The summed E-state index contributed by atoms with van der Waals surface area (Å²) in [6, 6.07) is 0. The molecule has 0 saturated heterocycles. The molecule has 82 valence electrons. The summed E-state index contributed by atoms with van der Waals surface area (Å²) in [5.41, 5.74) is 8.40. The molecule has 0 amide bonds. The van der Waals surface area contributed by atoms with Crippen LogP contribution in [0.5, 0.6) is 0 Å². The Kier molecular flexibility index (Phi) is 3.10. The van der Waals surface area contributed by atoms with Crippen LogP contribution < -0.4 is 11.5 Å². The molecular weight excluding hydrogens is 210 g/mol. The summed E-state index contributed by atoms with van der Waals surface area (Å²) in [6.45, 7) is -0.248. The Morgan fingerprint density at radius 2 is 2.20 bits per heavy atom. The van der Waals surface area contributed by atoms with Crippen molar-refractivity contribution < 1.29 is 13.7 Å². The highest BCUT2D eigenvalue weighted by Crippen LogP contribution is 2.33. The second-order valence-corrected chi connectivity index (χ2v) is 2.68. The van der Waals surface area contributed by atoms with Gasteiger partial charge < -0.3 is 11.5 Å². The maximum Gasteiger partial charge on any atom is 0.310 e. The van der Waals surface area contributed by atoms with Crippen molar-refractivity contribution in [1.29, 1.82) is 0 Å². The smallest absolute Gasteiger partial charge is 0.310 e. The molecule has 0 aromatic carbocycles. The highest BCUT2D eigenvalue weighted by Gasteiger charge is 2.24. The number of nitrogens with two attached hydrogens (primary N) is 2. The van der Waals surface area contributed by atoms with Crippen LogP contribution in [0.25, 0.3) is 0 Å². The molecule has 0 unspecified atom stereocenters. The molecule has 1 rings (SSSR count). The predicted molar refractivity (Wildman–Crippen MR) is 48.2 cm³/mol. The lowest BCUT2D eigenvalue weighted by Crippen LogP contribution is -2.10. The van der Waals surface area contributed by atoms with Gasteiger partial charge in [0, 0.05) is 6.54 Å². The maximum absolute atomic E-state index is 12.5. The third kappa shape index (κ3) is 1.99. The largest absolute Gasteiger partial charge is 0.393 e. The summed E-state index contributed by atoms with van der Waals surface area (Å²) in [7, 11) is 0. The summed E-state index contributed by atoms with van der Waals surface area (Å²) in [5, 5.41) is 10.4. The number of alkyl halides is 2. The van der Waals surface area contributed by atoms with Gasteiger partial charge >= 0.3 is 5.69 Å². The summed E-state index contributed by atoms with van der Waals surface area (Å²) < 4.78 is 25.0. The van der Waals surface area contributed by atoms with Gasteiger partial charge in [-0.05, 0) is 0 Å². The third-order valence-electron chi connectivity index (χ3n) is 1.83. The molecule has 0 spiro atoms. The fraction of sp³-hybridized carbons (Fsp3) is 0.286. The van der Waals surface area contributed by atoms with Gasteiger partial charge in [-0.25, -0.2) is 8.78 Å². The molecule has 0 atom stereocenters. The van der Waals surface area contributed by atoms with Crippen LogP contribution in [0.2, 0.25) is 0 Å². The predicted octanol–water partition coefficient (Wildman–Crippen LogP) is 0.968. The van der Waals surface area contributed by atoms with Crippen molar-refractivity contribution in [3.63, 3.8) is 0 Å². The maximum atomic E-state index is 12.5. The minimum atomic E-state index is -2.93. The van der Waals surface area contributed by atoms with E-state index in [0.29, 0.717) is 0 Å². The highest BCUT2D eigenvalue weighted by molar-refractivity contribution is 5.63. The van der Waals surface area contributed by atoms with E-state index < -0.39 is 28.3 Å². The zero-order valence-electron chi connectivity index (χ0n) is 7.48. The number of nitro groups is 1. The fourth-order valence-electron chi connectivity index (χ4n) is 1.12. The van der Waals surface area contributed by atoms with E-state index in [9.17, 15) is 18.9 Å². The molecule has 0 radical (unpaired) electrons. The molecule has 0 bridgehead atoms. The molecule has 0 saturated carbocycles. The molecular formula is C7H8F2N4O2. The summed E-state index contributed by atoms with van der Waals surface area (Å²) >= 11 is 0. The van der Waals surface area contributed by atoms with Crippen LogP contribution in [0.1, 0.15) is 17.7 Å². The van der Waals surface area contributed by atoms with Crippen LogP contribution in [0.3, 0.4) is 0 Å². The first-order valence-corrected chi connectivity index (χ1v) is 3.88. The van der Waals surface area contributed by atoms with Gasteiger partial charge in [0.15, 0.2) is 0 Å². The number of nitrogens with zero attached hydrogens (tertiary/aromatic N) is 2. The van der Waals surface area contributed by atoms with Gasteiger partial charge in [-0.1, -0.05) is 0 Å². The molecule has 1 aromatic rings. The van der Waals surface area contributed by atoms with Crippen LogP contribution in [0, 0.1) is 10.1 Å². The number of aromatic nitrogens is 1. The first-order chi connectivity index (χ1) is 6.99. The average molecular weight is 218 g/mol. The first-order valence-electron chi connectivity index (χ1n) is 3.88. The summed E-state index contributed by atoms with van der Waals surface area (Å²) in [6.07, 6.45) is -2.11. The minimum absolute atomic E-state index is 0.131. The zero-order valence-corrected chi connectivity index (χ0v) is 7.48. The Morgan fingerprint density at radius 3 is 2.60 bits per heavy atom. The quantitative estimate of drug-likeness (QED) is 0.580. The summed E-state index contributed by atoms with van der Waals surface area (Å²) in [4.78, 5) is 13.0. The third-order valence-corrected chi connectivity index (χ3v) is 1.83. The molecule has 0 aliphatic heterocycles. The molecule has 0 fully saturated rings. The number of halogens is 2. The fourth-order valence-corrected chi connectivity index (χ4v) is 1.12. The van der Waals surface area contributed by atoms with E-state index in [1.54, 1.807) is 0 Å². The van der Waals surface area contributed by atoms with Gasteiger partial charge in [0.2, 0.25) is 0 Å². The normalized spacial score (nSPS) is 10.7. The number of pyridine rings is 1. The Morgan fingerprint density at radius 1 is 1.60 bits per heavy atom. The second-order valence-electron chi connectivity index (χ2n) is 2.68. The van der Waals surface area contributed by atoms with Gasteiger partial charge in [-0.3, -0.25) is 15.1 Å². The molecule has 0 aliphatic carbocycles. The van der Waals surface area contributed by atoms with E-state index in [4.69, 9.17) is 11.5 Å². The lowest BCUT2D eigenvalue weighted by Gasteiger charge is -2.08. The van der Waals surface area contributed by atoms with E-state index in [-0.39, 0.29) is 12.2 Å². The van der Waals surface area contributed by atoms with Gasteiger partial charge in [0.25, 0.3) is 6.43 Å². The molecule has 6 nitrogen and oxygen atoms in total. The number of nitrogen functional groups attached to an aromatic ring is 1. The number of hydrogen-bond donors (Lipinski definition) is 2. The molecule has 8 heteroatoms. The van der Waals surface area contributed by atoms with E-state index in [0.717, 1.165) is 6.20 Å². The highest BCUT2D eigenvalue weighted by atomic mass is 19.3. The van der Waals surface area contributed by atoms with Crippen molar-refractivity contribution in [2.75, 3.05) is 5.73 Å². The van der Waals surface area contributed by atoms with Crippen molar-refractivity contribution in [2.24, 2.45) is 5.73 Å². The first kappa shape index (κ1) is 11.2. The number of anilines is 1. The van der Waals surface area contributed by atoms with E-state index in [2.05, 4.69) is 4.98 Å². The van der Waals surface area contributed by atoms with Crippen molar-refractivity contribution in [1.82, 2.24) is 4.98 Å². The average Bonchev–Trinajstić information content (AvgIpc) is 2.15. The molecule has 1 aromatic heterocycles. The molecule has 0 aliphatic rings. The van der Waals surface area contributed by atoms with E-state index >= 15 is 0 Å². The van der Waals surface area contributed by atoms with Crippen LogP contribution in [-0.2, 0) is 6.54 Å². The van der Waals surface area contributed by atoms with Crippen molar-refractivity contribution in [3.05, 3.63) is 27.6 Å². The Labute approximate surface area is 83.0 Å². The Balaban J connectivity index is 3.42. The molecule has 1 heterocycles. The Bertz CT molecular complexity index is 397. The van der Waals surface area contributed by atoms with Gasteiger partial charge in [0.05, 0.1) is 16.2 Å². The minimum Gasteiger partial charge on any atom is -0.393 e. The van der Waals surface area contributed by atoms with E-state index in [1.807, 2.05) is 0 Å². The lowest BCUT2D eigenvalue weighted by atomic mass is 10.1. The lowest BCUT2D eigenvalue weighted by molar-refractivity contribution is -0.384. The Hall–Kier alpha value is -1.83. The van der Waals surface area contributed by atoms with Crippen LogP contribution >= 0.6 is 0 Å². The number of hydrogen-bond acceptors (Lipinski definition) is 5. The van der Waals surface area contributed by atoms with Crippen molar-refractivity contribution >= 4 is 11.4 Å². The van der Waals surface area contributed by atoms with Crippen molar-refractivity contribution in [3.8, 4) is 0 Å². The van der Waals surface area contributed by atoms with Gasteiger partial charge in [-0.15, -0.1) is 0 Å². The van der Waals surface area contributed by atoms with E-state index in [1.165, 1.54) is 0 Å². The zero-order chi connectivity index (χ0) is 11.6. The summed E-state index contributed by atoms with van der Waals surface area (Å²) in [5.74, 6) is 0. The standard InChI is InChI=1S/C7H8F2N4O2/c8-7(9)5-3(1-10)12-2-4(6(5)11)13(14)15/h2,7H,1,10H2,(H2,11,12). The molecule has 15 heavy (non-hydrogen) atoms. The monoisotopic (exact) mass is 218 g/mol. The van der Waals surface area contributed by atoms with Gasteiger partial charge in [0.1, 0.15) is 11.9 Å². The van der Waals surface area contributed by atoms with Crippen LogP contribution in [0.4, 0.5) is 20.2 Å².